The molecule has 2 aromatic rings. The largest absolute Gasteiger partial charge is 0.392 e. The summed E-state index contributed by atoms with van der Waals surface area (Å²) in [5.41, 5.74) is 0.736. The van der Waals surface area contributed by atoms with Gasteiger partial charge in [-0.2, -0.15) is 0 Å². The van der Waals surface area contributed by atoms with Crippen LogP contribution in [0.2, 0.25) is 0 Å². The fourth-order valence-electron chi connectivity index (χ4n) is 0.969. The molecule has 66 valence electrons. The van der Waals surface area contributed by atoms with E-state index in [1.807, 2.05) is 17.5 Å². The molecule has 2 aromatic heterocycles. The minimum atomic E-state index is -0.00921. The highest BCUT2D eigenvalue weighted by Gasteiger charge is 2.00. The van der Waals surface area contributed by atoms with Crippen LogP contribution >= 0.6 is 11.3 Å². The first kappa shape index (κ1) is 8.34. The van der Waals surface area contributed by atoms with Gasteiger partial charge >= 0.3 is 0 Å². The van der Waals surface area contributed by atoms with Crippen molar-refractivity contribution in [2.45, 2.75) is 6.61 Å². The van der Waals surface area contributed by atoms with Gasteiger partial charge in [-0.25, -0.2) is 9.97 Å². The summed E-state index contributed by atoms with van der Waals surface area (Å²) in [5.74, 6) is 0.715. The monoisotopic (exact) mass is 192 g/mol. The molecule has 0 aliphatic heterocycles. The highest BCUT2D eigenvalue weighted by atomic mass is 32.1. The second kappa shape index (κ2) is 3.64. The second-order valence-electron chi connectivity index (χ2n) is 2.55. The number of rotatable bonds is 2. The van der Waals surface area contributed by atoms with Gasteiger partial charge in [0.05, 0.1) is 11.5 Å². The van der Waals surface area contributed by atoms with E-state index in [0.717, 1.165) is 10.4 Å². The lowest BCUT2D eigenvalue weighted by Crippen LogP contribution is -1.90. The Morgan fingerprint density at radius 1 is 1.31 bits per heavy atom. The first-order chi connectivity index (χ1) is 6.40. The smallest absolute Gasteiger partial charge is 0.169 e. The summed E-state index contributed by atoms with van der Waals surface area (Å²) in [6, 6.07) is 3.93. The molecule has 1 N–H and O–H groups in total. The number of nitrogens with zero attached hydrogens (tertiary/aromatic N) is 2. The molecule has 0 unspecified atom stereocenters. The van der Waals surface area contributed by atoms with E-state index in [9.17, 15) is 0 Å². The van der Waals surface area contributed by atoms with Crippen molar-refractivity contribution < 1.29 is 5.11 Å². The van der Waals surface area contributed by atoms with Gasteiger partial charge in [0.1, 0.15) is 0 Å². The minimum absolute atomic E-state index is 0.00921. The third-order valence-electron chi connectivity index (χ3n) is 1.63. The van der Waals surface area contributed by atoms with Crippen molar-refractivity contribution in [3.05, 3.63) is 35.5 Å². The van der Waals surface area contributed by atoms with Crippen LogP contribution < -0.4 is 0 Å². The zero-order chi connectivity index (χ0) is 9.10. The number of hydrogen-bond acceptors (Lipinski definition) is 4. The molecule has 0 saturated heterocycles. The maximum absolute atomic E-state index is 8.78. The fraction of sp³-hybridized carbons (Fsp3) is 0.111. The Morgan fingerprint density at radius 2 is 2.08 bits per heavy atom. The van der Waals surface area contributed by atoms with Crippen LogP contribution in [-0.2, 0) is 6.61 Å². The summed E-state index contributed by atoms with van der Waals surface area (Å²) < 4.78 is 0. The van der Waals surface area contributed by atoms with E-state index < -0.39 is 0 Å². The molecule has 0 aliphatic carbocycles. The number of aliphatic hydroxyl groups is 1. The molecule has 0 atom stereocenters. The molecule has 2 rings (SSSR count). The number of hydrogen-bond donors (Lipinski definition) is 1. The van der Waals surface area contributed by atoms with Gasteiger partial charge in [0.2, 0.25) is 0 Å². The highest BCUT2D eigenvalue weighted by Crippen LogP contribution is 2.19. The van der Waals surface area contributed by atoms with Crippen molar-refractivity contribution in [1.29, 1.82) is 0 Å². The van der Waals surface area contributed by atoms with Crippen LogP contribution in [0.15, 0.2) is 29.9 Å². The Balaban J connectivity index is 2.33. The molecule has 2 heterocycles. The van der Waals surface area contributed by atoms with Crippen molar-refractivity contribution in [2.75, 3.05) is 0 Å². The molecule has 0 aliphatic rings. The lowest BCUT2D eigenvalue weighted by Gasteiger charge is -1.96. The van der Waals surface area contributed by atoms with Gasteiger partial charge in [-0.05, 0) is 11.4 Å². The van der Waals surface area contributed by atoms with Gasteiger partial charge in [0.25, 0.3) is 0 Å². The van der Waals surface area contributed by atoms with Crippen molar-refractivity contribution >= 4 is 11.3 Å². The average Bonchev–Trinajstić information content (AvgIpc) is 2.71. The molecule has 4 heteroatoms. The zero-order valence-corrected chi connectivity index (χ0v) is 7.66. The average molecular weight is 192 g/mol. The zero-order valence-electron chi connectivity index (χ0n) is 6.84. The lowest BCUT2D eigenvalue weighted by molar-refractivity contribution is 0.281. The minimum Gasteiger partial charge on any atom is -0.392 e. The third-order valence-corrected chi connectivity index (χ3v) is 2.50. The van der Waals surface area contributed by atoms with Crippen molar-refractivity contribution in [1.82, 2.24) is 9.97 Å². The van der Waals surface area contributed by atoms with Gasteiger partial charge in [-0.3, -0.25) is 0 Å². The van der Waals surface area contributed by atoms with Crippen molar-refractivity contribution in [2.24, 2.45) is 0 Å². The molecule has 0 bridgehead atoms. The van der Waals surface area contributed by atoms with Gasteiger partial charge in [0.15, 0.2) is 5.82 Å². The summed E-state index contributed by atoms with van der Waals surface area (Å²) in [7, 11) is 0. The maximum Gasteiger partial charge on any atom is 0.169 e. The van der Waals surface area contributed by atoms with E-state index in [4.69, 9.17) is 5.11 Å². The maximum atomic E-state index is 8.78. The van der Waals surface area contributed by atoms with Crippen molar-refractivity contribution in [3.63, 3.8) is 0 Å². The van der Waals surface area contributed by atoms with Crippen LogP contribution in [0, 0.1) is 0 Å². The predicted octanol–water partition coefficient (Wildman–Crippen LogP) is 1.70. The molecule has 3 nitrogen and oxygen atoms in total. The van der Waals surface area contributed by atoms with E-state index in [1.165, 1.54) is 0 Å². The van der Waals surface area contributed by atoms with Gasteiger partial charge in [-0.1, -0.05) is 6.07 Å². The van der Waals surface area contributed by atoms with Crippen molar-refractivity contribution in [3.8, 4) is 10.7 Å². The fourth-order valence-corrected chi connectivity index (χ4v) is 1.64. The Bertz CT molecular complexity index is 369. The van der Waals surface area contributed by atoms with Crippen LogP contribution in [0.1, 0.15) is 5.56 Å². The summed E-state index contributed by atoms with van der Waals surface area (Å²) in [6.45, 7) is -0.00921. The molecule has 0 saturated carbocycles. The Labute approximate surface area is 79.7 Å². The van der Waals surface area contributed by atoms with E-state index in [0.29, 0.717) is 5.82 Å². The molecule has 0 fully saturated rings. The van der Waals surface area contributed by atoms with Crippen LogP contribution in [0.3, 0.4) is 0 Å². The standard InChI is InChI=1S/C9H8N2OS/c12-6-7-4-10-9(11-5-7)8-2-1-3-13-8/h1-5,12H,6H2. The molecular formula is C9H8N2OS. The number of aliphatic hydroxyl groups excluding tert-OH is 1. The predicted molar refractivity (Wildman–Crippen MR) is 51.3 cm³/mol. The van der Waals surface area contributed by atoms with Gasteiger partial charge < -0.3 is 5.11 Å². The highest BCUT2D eigenvalue weighted by molar-refractivity contribution is 7.13. The third kappa shape index (κ3) is 1.74. The SMILES string of the molecule is OCc1cnc(-c2cccs2)nc1. The van der Waals surface area contributed by atoms with Crippen LogP contribution in [0.4, 0.5) is 0 Å². The Kier molecular flexibility index (Phi) is 2.33. The summed E-state index contributed by atoms with van der Waals surface area (Å²) in [5, 5.41) is 10.8. The van der Waals surface area contributed by atoms with E-state index in [2.05, 4.69) is 9.97 Å². The van der Waals surface area contributed by atoms with Crippen LogP contribution in [-0.4, -0.2) is 15.1 Å². The lowest BCUT2D eigenvalue weighted by atomic mass is 10.3. The number of thiophene rings is 1. The van der Waals surface area contributed by atoms with Gasteiger partial charge in [0, 0.05) is 18.0 Å². The summed E-state index contributed by atoms with van der Waals surface area (Å²) in [4.78, 5) is 9.31. The van der Waals surface area contributed by atoms with E-state index in [-0.39, 0.29) is 6.61 Å². The topological polar surface area (TPSA) is 46.0 Å². The molecule has 0 radical (unpaired) electrons. The van der Waals surface area contributed by atoms with Crippen LogP contribution in [0.25, 0.3) is 10.7 Å². The first-order valence-corrected chi connectivity index (χ1v) is 4.74. The summed E-state index contributed by atoms with van der Waals surface area (Å²) in [6.07, 6.45) is 3.28. The number of aromatic nitrogens is 2. The Morgan fingerprint density at radius 3 is 2.62 bits per heavy atom. The van der Waals surface area contributed by atoms with E-state index in [1.54, 1.807) is 23.7 Å². The molecule has 0 aromatic carbocycles. The van der Waals surface area contributed by atoms with Crippen LogP contribution in [0.5, 0.6) is 0 Å². The Hall–Kier alpha value is -1.26. The molecular weight excluding hydrogens is 184 g/mol. The van der Waals surface area contributed by atoms with Gasteiger partial charge in [-0.15, -0.1) is 11.3 Å². The normalized spacial score (nSPS) is 10.2. The molecule has 0 spiro atoms. The van der Waals surface area contributed by atoms with E-state index >= 15 is 0 Å². The molecule has 13 heavy (non-hydrogen) atoms. The summed E-state index contributed by atoms with van der Waals surface area (Å²) >= 11 is 1.60. The molecule has 0 amide bonds. The first-order valence-electron chi connectivity index (χ1n) is 3.86. The quantitative estimate of drug-likeness (QED) is 0.787. The second-order valence-corrected chi connectivity index (χ2v) is 3.50.